The molecule has 0 unspecified atom stereocenters. The molecule has 3 nitrogen and oxygen atoms in total. The summed E-state index contributed by atoms with van der Waals surface area (Å²) in [5, 5.41) is 0. The van der Waals surface area contributed by atoms with E-state index in [1.165, 1.54) is 11.1 Å². The Morgan fingerprint density at radius 3 is 2.18 bits per heavy atom. The van der Waals surface area contributed by atoms with Gasteiger partial charge in [0.05, 0.1) is 11.4 Å². The third kappa shape index (κ3) is 5.45. The van der Waals surface area contributed by atoms with Crippen molar-refractivity contribution in [2.75, 3.05) is 11.9 Å². The SMILES string of the molecule is C=C\C(=C/C=C(N)/C(=C/C=C\C)N=C)N(C)c1ccc(-c2ccccc2)cc1. The number of benzene rings is 2. The molecule has 0 spiro atoms. The largest absolute Gasteiger partial charge is 0.397 e. The maximum Gasteiger partial charge on any atom is 0.0851 e. The van der Waals surface area contributed by atoms with Crippen LogP contribution in [0.25, 0.3) is 11.1 Å². The van der Waals surface area contributed by atoms with E-state index in [4.69, 9.17) is 5.73 Å². The summed E-state index contributed by atoms with van der Waals surface area (Å²) in [5.74, 6) is 0. The van der Waals surface area contributed by atoms with Gasteiger partial charge in [-0.15, -0.1) is 0 Å². The van der Waals surface area contributed by atoms with Crippen LogP contribution in [0.15, 0.2) is 120 Å². The van der Waals surface area contributed by atoms with E-state index in [0.717, 1.165) is 11.4 Å². The van der Waals surface area contributed by atoms with Gasteiger partial charge < -0.3 is 10.6 Å². The second kappa shape index (κ2) is 10.5. The predicted octanol–water partition coefficient (Wildman–Crippen LogP) is 5.86. The van der Waals surface area contributed by atoms with E-state index in [2.05, 4.69) is 59.6 Å². The van der Waals surface area contributed by atoms with Gasteiger partial charge in [0.15, 0.2) is 0 Å². The summed E-state index contributed by atoms with van der Waals surface area (Å²) in [6.07, 6.45) is 11.1. The smallest absolute Gasteiger partial charge is 0.0851 e. The van der Waals surface area contributed by atoms with E-state index in [0.29, 0.717) is 11.4 Å². The minimum atomic E-state index is 0.542. The lowest BCUT2D eigenvalue weighted by molar-refractivity contribution is 1.14. The van der Waals surface area contributed by atoms with E-state index in [1.54, 1.807) is 6.08 Å². The molecule has 2 aromatic rings. The molecule has 0 saturated carbocycles. The molecule has 0 amide bonds. The van der Waals surface area contributed by atoms with Crippen LogP contribution in [0.5, 0.6) is 0 Å². The number of anilines is 1. The van der Waals surface area contributed by atoms with Crippen LogP contribution in [0, 0.1) is 0 Å². The van der Waals surface area contributed by atoms with Gasteiger partial charge in [-0.25, -0.2) is 0 Å². The third-order valence-electron chi connectivity index (χ3n) is 4.30. The Hall–Kier alpha value is -3.59. The van der Waals surface area contributed by atoms with Crippen LogP contribution in [-0.2, 0) is 0 Å². The van der Waals surface area contributed by atoms with Gasteiger partial charge in [0.1, 0.15) is 0 Å². The molecule has 0 aliphatic carbocycles. The third-order valence-corrected chi connectivity index (χ3v) is 4.30. The van der Waals surface area contributed by atoms with Crippen LogP contribution in [0.1, 0.15) is 6.92 Å². The Kier molecular flexibility index (Phi) is 7.79. The average molecular weight is 370 g/mol. The molecule has 3 heteroatoms. The van der Waals surface area contributed by atoms with Crippen LogP contribution < -0.4 is 10.6 Å². The Morgan fingerprint density at radius 2 is 1.61 bits per heavy atom. The van der Waals surface area contributed by atoms with Crippen molar-refractivity contribution in [3.8, 4) is 11.1 Å². The minimum absolute atomic E-state index is 0.542. The Balaban J connectivity index is 2.24. The Bertz CT molecular complexity index is 914. The van der Waals surface area contributed by atoms with E-state index >= 15 is 0 Å². The topological polar surface area (TPSA) is 41.6 Å². The summed E-state index contributed by atoms with van der Waals surface area (Å²) in [7, 11) is 2.00. The summed E-state index contributed by atoms with van der Waals surface area (Å²) in [6, 6.07) is 18.7. The number of nitrogens with zero attached hydrogens (tertiary/aromatic N) is 2. The second-order valence-electron chi connectivity index (χ2n) is 6.13. The van der Waals surface area contributed by atoms with Crippen molar-refractivity contribution in [3.63, 3.8) is 0 Å². The number of allylic oxidation sites excluding steroid dienone is 6. The number of aliphatic imine (C=N–C) groups is 1. The molecule has 0 bridgehead atoms. The number of nitrogens with two attached hydrogens (primary N) is 1. The highest BCUT2D eigenvalue weighted by Crippen LogP contribution is 2.24. The van der Waals surface area contributed by atoms with Gasteiger partial charge in [0.2, 0.25) is 0 Å². The Morgan fingerprint density at radius 1 is 0.964 bits per heavy atom. The molecule has 0 heterocycles. The molecular weight excluding hydrogens is 342 g/mol. The van der Waals surface area contributed by atoms with Gasteiger partial charge in [-0.3, -0.25) is 4.99 Å². The van der Waals surface area contributed by atoms with Crippen LogP contribution in [0.3, 0.4) is 0 Å². The lowest BCUT2D eigenvalue weighted by Gasteiger charge is -2.20. The predicted molar refractivity (Wildman–Crippen MR) is 123 cm³/mol. The van der Waals surface area contributed by atoms with Crippen molar-refractivity contribution >= 4 is 12.4 Å². The molecule has 0 radical (unpaired) electrons. The number of hydrogen-bond acceptors (Lipinski definition) is 3. The van der Waals surface area contributed by atoms with E-state index in [1.807, 2.05) is 62.6 Å². The standard InChI is InChI=1S/C25H27N3/c1-5-7-13-25(27-3)24(26)19-18-22(6-2)28(4)23-16-14-21(15-17-23)20-11-9-8-10-12-20/h5-19H,2-3,26H2,1,4H3/b7-5-,22-18+,24-19-,25-13-. The molecule has 0 aliphatic heterocycles. The molecule has 0 atom stereocenters. The molecule has 0 aromatic heterocycles. The zero-order chi connectivity index (χ0) is 20.4. The van der Waals surface area contributed by atoms with Crippen molar-refractivity contribution in [1.29, 1.82) is 0 Å². The summed E-state index contributed by atoms with van der Waals surface area (Å²) in [6.45, 7) is 9.43. The normalized spacial score (nSPS) is 12.9. The van der Waals surface area contributed by atoms with Gasteiger partial charge in [-0.2, -0.15) is 0 Å². The van der Waals surface area contributed by atoms with Crippen molar-refractivity contribution in [3.05, 3.63) is 115 Å². The van der Waals surface area contributed by atoms with Crippen LogP contribution in [0.2, 0.25) is 0 Å². The monoisotopic (exact) mass is 369 g/mol. The highest BCUT2D eigenvalue weighted by atomic mass is 15.1. The molecule has 28 heavy (non-hydrogen) atoms. The van der Waals surface area contributed by atoms with Gasteiger partial charge in [0, 0.05) is 18.4 Å². The zero-order valence-corrected chi connectivity index (χ0v) is 16.5. The molecule has 0 saturated heterocycles. The highest BCUT2D eigenvalue weighted by Gasteiger charge is 2.05. The van der Waals surface area contributed by atoms with Crippen molar-refractivity contribution < 1.29 is 0 Å². The van der Waals surface area contributed by atoms with Gasteiger partial charge in [0.25, 0.3) is 0 Å². The minimum Gasteiger partial charge on any atom is -0.397 e. The maximum absolute atomic E-state index is 6.12. The fraction of sp³-hybridized carbons (Fsp3) is 0.0800. The lowest BCUT2D eigenvalue weighted by atomic mass is 10.1. The first-order chi connectivity index (χ1) is 13.6. The summed E-state index contributed by atoms with van der Waals surface area (Å²) in [4.78, 5) is 6.03. The maximum atomic E-state index is 6.12. The zero-order valence-electron chi connectivity index (χ0n) is 16.5. The number of rotatable bonds is 8. The first-order valence-electron chi connectivity index (χ1n) is 9.10. The summed E-state index contributed by atoms with van der Waals surface area (Å²) < 4.78 is 0. The van der Waals surface area contributed by atoms with E-state index in [9.17, 15) is 0 Å². The first-order valence-corrected chi connectivity index (χ1v) is 9.10. The fourth-order valence-corrected chi connectivity index (χ4v) is 2.66. The summed E-state index contributed by atoms with van der Waals surface area (Å²) >= 11 is 0. The van der Waals surface area contributed by atoms with Gasteiger partial charge in [-0.05, 0) is 61.2 Å². The second-order valence-corrected chi connectivity index (χ2v) is 6.13. The van der Waals surface area contributed by atoms with Gasteiger partial charge >= 0.3 is 0 Å². The van der Waals surface area contributed by atoms with Crippen LogP contribution >= 0.6 is 0 Å². The van der Waals surface area contributed by atoms with Crippen LogP contribution in [0.4, 0.5) is 5.69 Å². The van der Waals surface area contributed by atoms with Crippen LogP contribution in [-0.4, -0.2) is 13.8 Å². The van der Waals surface area contributed by atoms with E-state index < -0.39 is 0 Å². The van der Waals surface area contributed by atoms with Gasteiger partial charge in [-0.1, -0.05) is 61.2 Å². The molecular formula is C25H27N3. The molecule has 2 rings (SSSR count). The highest BCUT2D eigenvalue weighted by molar-refractivity contribution is 5.67. The number of hydrogen-bond donors (Lipinski definition) is 1. The average Bonchev–Trinajstić information content (AvgIpc) is 2.75. The lowest BCUT2D eigenvalue weighted by Crippen LogP contribution is -2.14. The quantitative estimate of drug-likeness (QED) is 0.467. The molecule has 0 aliphatic rings. The molecule has 142 valence electrons. The van der Waals surface area contributed by atoms with Crippen molar-refractivity contribution in [1.82, 2.24) is 0 Å². The number of likely N-dealkylation sites (N-methyl/N-ethyl adjacent to an activating group) is 1. The Labute approximate surface area is 168 Å². The molecule has 0 fully saturated rings. The first kappa shape index (κ1) is 20.7. The van der Waals surface area contributed by atoms with Crippen molar-refractivity contribution in [2.45, 2.75) is 6.92 Å². The molecule has 2 aromatic carbocycles. The summed E-state index contributed by atoms with van der Waals surface area (Å²) in [5.41, 5.74) is 11.7. The fourth-order valence-electron chi connectivity index (χ4n) is 2.66. The van der Waals surface area contributed by atoms with E-state index in [-0.39, 0.29) is 0 Å². The van der Waals surface area contributed by atoms with Crippen molar-refractivity contribution in [2.24, 2.45) is 10.7 Å². The molecule has 2 N–H and O–H groups in total.